The van der Waals surface area contributed by atoms with Gasteiger partial charge in [0, 0.05) is 37.7 Å². The average Bonchev–Trinajstić information content (AvgIpc) is 2.45. The van der Waals surface area contributed by atoms with Gasteiger partial charge in [0.2, 0.25) is 11.2 Å². The quantitative estimate of drug-likeness (QED) is 0.636. The van der Waals surface area contributed by atoms with Gasteiger partial charge in [0.25, 0.3) is 0 Å². The van der Waals surface area contributed by atoms with Crippen LogP contribution in [0.5, 0.6) is 5.75 Å². The summed E-state index contributed by atoms with van der Waals surface area (Å²) < 4.78 is 1.36. The molecule has 2 N–H and O–H groups in total. The lowest BCUT2D eigenvalue weighted by molar-refractivity contribution is 0.103. The van der Waals surface area contributed by atoms with Crippen LogP contribution in [0.4, 0.5) is 0 Å². The summed E-state index contributed by atoms with van der Waals surface area (Å²) in [4.78, 5) is 23.5. The van der Waals surface area contributed by atoms with Crippen LogP contribution in [0, 0.1) is 0 Å². The molecule has 0 aliphatic heterocycles. The summed E-state index contributed by atoms with van der Waals surface area (Å²) in [6, 6.07) is 7.61. The van der Waals surface area contributed by atoms with Crippen LogP contribution in [0.1, 0.15) is 10.5 Å². The zero-order chi connectivity index (χ0) is 14.5. The maximum atomic E-state index is 11.8. The first kappa shape index (κ1) is 13.5. The van der Waals surface area contributed by atoms with Crippen LogP contribution in [-0.2, 0) is 0 Å². The Morgan fingerprint density at radius 3 is 2.90 bits per heavy atom. The molecule has 1 aromatic carbocycles. The number of nitrogens with zero attached hydrogens (tertiary/aromatic N) is 2. The summed E-state index contributed by atoms with van der Waals surface area (Å²) in [5.41, 5.74) is -0.0776. The van der Waals surface area contributed by atoms with Crippen LogP contribution < -0.4 is 10.7 Å². The van der Waals surface area contributed by atoms with Gasteiger partial charge in [0.15, 0.2) is 5.69 Å². The molecule has 6 nitrogen and oxygen atoms in total. The fourth-order valence-electron chi connectivity index (χ4n) is 1.60. The number of ketones is 1. The molecule has 0 saturated carbocycles. The number of aromatic hydroxyl groups is 1. The minimum absolute atomic E-state index is 0.0750. The van der Waals surface area contributed by atoms with Crippen LogP contribution in [0.2, 0.25) is 0 Å². The van der Waals surface area contributed by atoms with E-state index in [2.05, 4.69) is 10.4 Å². The van der Waals surface area contributed by atoms with Crippen LogP contribution in [0.15, 0.2) is 53.6 Å². The summed E-state index contributed by atoms with van der Waals surface area (Å²) >= 11 is 0. The predicted molar refractivity (Wildman–Crippen MR) is 74.0 cm³/mol. The van der Waals surface area contributed by atoms with Gasteiger partial charge in [-0.3, -0.25) is 9.59 Å². The van der Waals surface area contributed by atoms with Gasteiger partial charge in [0.1, 0.15) is 5.75 Å². The van der Waals surface area contributed by atoms with Crippen molar-refractivity contribution < 1.29 is 9.90 Å². The number of allylic oxidation sites excluding steroid dienone is 1. The summed E-state index contributed by atoms with van der Waals surface area (Å²) in [6.07, 6.45) is 4.10. The van der Waals surface area contributed by atoms with Gasteiger partial charge in [-0.15, -0.1) is 0 Å². The number of carbonyl (C=O) groups excluding carboxylic acids is 1. The van der Waals surface area contributed by atoms with Crippen molar-refractivity contribution in [2.75, 3.05) is 7.05 Å². The van der Waals surface area contributed by atoms with E-state index in [0.29, 0.717) is 5.69 Å². The molecule has 1 aromatic heterocycles. The number of phenolic OH excluding ortho intramolecular Hbond substituents is 1. The first-order valence-electron chi connectivity index (χ1n) is 5.89. The molecule has 102 valence electrons. The van der Waals surface area contributed by atoms with Crippen molar-refractivity contribution in [3.63, 3.8) is 0 Å². The lowest BCUT2D eigenvalue weighted by Crippen LogP contribution is -2.19. The fourth-order valence-corrected chi connectivity index (χ4v) is 1.60. The predicted octanol–water partition coefficient (Wildman–Crippen LogP) is 0.854. The second-order valence-electron chi connectivity index (χ2n) is 3.98. The first-order valence-corrected chi connectivity index (χ1v) is 5.89. The first-order chi connectivity index (χ1) is 9.61. The maximum Gasteiger partial charge on any atom is 0.211 e. The van der Waals surface area contributed by atoms with Crippen LogP contribution in [0.25, 0.3) is 5.69 Å². The van der Waals surface area contributed by atoms with E-state index in [-0.39, 0.29) is 11.4 Å². The van der Waals surface area contributed by atoms with E-state index in [1.54, 1.807) is 19.2 Å². The Hall–Kier alpha value is -2.89. The van der Waals surface area contributed by atoms with E-state index < -0.39 is 11.2 Å². The smallest absolute Gasteiger partial charge is 0.211 e. The third kappa shape index (κ3) is 2.92. The third-order valence-corrected chi connectivity index (χ3v) is 2.54. The van der Waals surface area contributed by atoms with Gasteiger partial charge in [-0.1, -0.05) is 6.07 Å². The van der Waals surface area contributed by atoms with E-state index >= 15 is 0 Å². The van der Waals surface area contributed by atoms with Crippen molar-refractivity contribution in [2.45, 2.75) is 0 Å². The van der Waals surface area contributed by atoms with Crippen LogP contribution in [-0.4, -0.2) is 27.7 Å². The molecular weight excluding hydrogens is 258 g/mol. The van der Waals surface area contributed by atoms with Crippen LogP contribution in [0.3, 0.4) is 0 Å². The molecule has 20 heavy (non-hydrogen) atoms. The maximum absolute atomic E-state index is 11.8. The second kappa shape index (κ2) is 5.83. The fraction of sp³-hybridized carbons (Fsp3) is 0.0714. The van der Waals surface area contributed by atoms with Gasteiger partial charge in [0.05, 0.1) is 5.69 Å². The molecule has 0 radical (unpaired) electrons. The van der Waals surface area contributed by atoms with Crippen molar-refractivity contribution in [3.05, 3.63) is 64.7 Å². The number of benzene rings is 1. The normalized spacial score (nSPS) is 10.7. The molecule has 0 unspecified atom stereocenters. The van der Waals surface area contributed by atoms with E-state index in [1.165, 1.54) is 41.4 Å². The summed E-state index contributed by atoms with van der Waals surface area (Å²) in [7, 11) is 1.65. The largest absolute Gasteiger partial charge is 0.508 e. The topological polar surface area (TPSA) is 84.2 Å². The number of rotatable bonds is 4. The van der Waals surface area contributed by atoms with Crippen molar-refractivity contribution in [2.24, 2.45) is 0 Å². The number of hydrogen-bond acceptors (Lipinski definition) is 5. The zero-order valence-electron chi connectivity index (χ0n) is 10.8. The molecule has 6 heteroatoms. The van der Waals surface area contributed by atoms with Crippen molar-refractivity contribution in [1.82, 2.24) is 15.1 Å². The third-order valence-electron chi connectivity index (χ3n) is 2.54. The Morgan fingerprint density at radius 1 is 1.40 bits per heavy atom. The summed E-state index contributed by atoms with van der Waals surface area (Å²) in [5, 5.41) is 16.1. The molecule has 0 bridgehead atoms. The molecule has 2 rings (SSSR count). The molecule has 0 aliphatic rings. The molecule has 0 fully saturated rings. The highest BCUT2D eigenvalue weighted by Gasteiger charge is 2.10. The highest BCUT2D eigenvalue weighted by Crippen LogP contribution is 2.13. The average molecular weight is 271 g/mol. The SMILES string of the molecule is CNC=CC(=O)c1nn(-c2cccc(O)c2)ccc1=O. The highest BCUT2D eigenvalue weighted by molar-refractivity contribution is 6.02. The Morgan fingerprint density at radius 2 is 2.20 bits per heavy atom. The van der Waals surface area contributed by atoms with Gasteiger partial charge in [-0.2, -0.15) is 5.10 Å². The van der Waals surface area contributed by atoms with Crippen molar-refractivity contribution in [3.8, 4) is 11.4 Å². The van der Waals surface area contributed by atoms with Gasteiger partial charge in [-0.25, -0.2) is 4.68 Å². The standard InChI is InChI=1S/C14H13N3O3/c1-15-7-5-12(19)14-13(20)6-8-17(16-14)10-3-2-4-11(18)9-10/h2-9,15,18H,1H3. The molecule has 1 heterocycles. The zero-order valence-corrected chi connectivity index (χ0v) is 10.8. The lowest BCUT2D eigenvalue weighted by atomic mass is 10.2. The molecule has 0 amide bonds. The number of hydrogen-bond donors (Lipinski definition) is 2. The monoisotopic (exact) mass is 271 g/mol. The Bertz CT molecular complexity index is 720. The minimum Gasteiger partial charge on any atom is -0.508 e. The van der Waals surface area contributed by atoms with E-state index in [4.69, 9.17) is 0 Å². The number of aromatic nitrogens is 2. The van der Waals surface area contributed by atoms with E-state index in [0.717, 1.165) is 0 Å². The number of carbonyl (C=O) groups is 1. The van der Waals surface area contributed by atoms with Gasteiger partial charge < -0.3 is 10.4 Å². The Kier molecular flexibility index (Phi) is 3.95. The Labute approximate surface area is 115 Å². The molecule has 0 spiro atoms. The Balaban J connectivity index is 2.46. The molecule has 0 aliphatic carbocycles. The van der Waals surface area contributed by atoms with Gasteiger partial charge in [-0.05, 0) is 12.1 Å². The summed E-state index contributed by atoms with van der Waals surface area (Å²) in [6.45, 7) is 0. The summed E-state index contributed by atoms with van der Waals surface area (Å²) in [5.74, 6) is -0.412. The molecule has 2 aromatic rings. The molecule has 0 atom stereocenters. The molecular formula is C14H13N3O3. The van der Waals surface area contributed by atoms with E-state index in [9.17, 15) is 14.7 Å². The van der Waals surface area contributed by atoms with Crippen molar-refractivity contribution in [1.29, 1.82) is 0 Å². The van der Waals surface area contributed by atoms with Crippen LogP contribution >= 0.6 is 0 Å². The van der Waals surface area contributed by atoms with E-state index in [1.807, 2.05) is 0 Å². The second-order valence-corrected chi connectivity index (χ2v) is 3.98. The molecule has 0 saturated heterocycles. The highest BCUT2D eigenvalue weighted by atomic mass is 16.3. The minimum atomic E-state index is -0.487. The van der Waals surface area contributed by atoms with Gasteiger partial charge >= 0.3 is 0 Å². The number of phenols is 1. The van der Waals surface area contributed by atoms with Crippen molar-refractivity contribution >= 4 is 5.78 Å². The number of nitrogens with one attached hydrogen (secondary N) is 1. The lowest BCUT2D eigenvalue weighted by Gasteiger charge is -2.06.